The van der Waals surface area contributed by atoms with Crippen LogP contribution in [0.4, 0.5) is 0 Å². The first-order valence-corrected chi connectivity index (χ1v) is 9.04. The molecule has 1 aromatic heterocycles. The van der Waals surface area contributed by atoms with Gasteiger partial charge in [-0.15, -0.1) is 0 Å². The average Bonchev–Trinajstić information content (AvgIpc) is 3.20. The summed E-state index contributed by atoms with van der Waals surface area (Å²) in [4.78, 5) is 19.4. The van der Waals surface area contributed by atoms with E-state index in [-0.39, 0.29) is 11.8 Å². The number of imidazole rings is 1. The number of aromatic nitrogens is 2. The number of nitrogens with one attached hydrogen (secondary N) is 2. The Hall–Kier alpha value is -3.23. The molecule has 0 fully saturated rings. The highest BCUT2D eigenvalue weighted by Crippen LogP contribution is 2.25. The Morgan fingerprint density at radius 2 is 1.69 bits per heavy atom. The lowest BCUT2D eigenvalue weighted by Crippen LogP contribution is -2.31. The van der Waals surface area contributed by atoms with Gasteiger partial charge in [-0.2, -0.15) is 5.10 Å². The van der Waals surface area contributed by atoms with Crippen molar-refractivity contribution < 1.29 is 19.7 Å². The summed E-state index contributed by atoms with van der Waals surface area (Å²) in [5.74, 6) is 1.67. The van der Waals surface area contributed by atoms with Gasteiger partial charge in [0.05, 0.1) is 23.9 Å². The zero-order valence-corrected chi connectivity index (χ0v) is 16.9. The number of nitrogens with zero attached hydrogens (tertiary/aromatic N) is 2. The number of hydrazone groups is 1. The highest BCUT2D eigenvalue weighted by atomic mass is 16.5. The lowest BCUT2D eigenvalue weighted by atomic mass is 9.94. The number of hydrogen-bond donors (Lipinski definition) is 4. The molecular formula is C21H26N4O4. The number of ether oxygens (including phenoxy) is 1. The van der Waals surface area contributed by atoms with Crippen molar-refractivity contribution >= 4 is 22.7 Å². The normalized spacial score (nSPS) is 15.3. The quantitative estimate of drug-likeness (QED) is 0.540. The molecule has 1 aliphatic heterocycles. The topological polar surface area (TPSA) is 120 Å². The number of H-pyrrole nitrogens is 1. The van der Waals surface area contributed by atoms with E-state index in [4.69, 9.17) is 14.9 Å². The van der Waals surface area contributed by atoms with Crippen molar-refractivity contribution in [2.24, 2.45) is 11.0 Å². The number of fused-ring (bicyclic) bond motifs is 1. The third-order valence-electron chi connectivity index (χ3n) is 4.40. The Kier molecular flexibility index (Phi) is 7.88. The van der Waals surface area contributed by atoms with E-state index in [1.165, 1.54) is 0 Å². The lowest BCUT2D eigenvalue weighted by Gasteiger charge is -2.18. The van der Waals surface area contributed by atoms with Crippen LogP contribution in [0.25, 0.3) is 22.4 Å². The summed E-state index contributed by atoms with van der Waals surface area (Å²) < 4.78 is 5.19. The van der Waals surface area contributed by atoms with Crippen molar-refractivity contribution in [1.82, 2.24) is 15.4 Å². The second-order valence-corrected chi connectivity index (χ2v) is 6.18. The number of hydrogen-bond acceptors (Lipinski definition) is 6. The number of aliphatic hydroxyl groups is 2. The smallest absolute Gasteiger partial charge is 0.240 e. The minimum Gasteiger partial charge on any atom is -0.497 e. The van der Waals surface area contributed by atoms with E-state index < -0.39 is 0 Å². The molecule has 154 valence electrons. The fourth-order valence-corrected chi connectivity index (χ4v) is 3.06. The molecule has 0 spiro atoms. The Bertz CT molecular complexity index is 980. The Labute approximate surface area is 169 Å². The zero-order chi connectivity index (χ0) is 21.4. The number of aromatic amines is 1. The van der Waals surface area contributed by atoms with Crippen molar-refractivity contribution in [2.75, 3.05) is 21.3 Å². The number of amides is 1. The Balaban J connectivity index is 0.000000707. The maximum absolute atomic E-state index is 11.4. The largest absolute Gasteiger partial charge is 0.497 e. The monoisotopic (exact) mass is 398 g/mol. The van der Waals surface area contributed by atoms with Gasteiger partial charge in [0, 0.05) is 37.7 Å². The van der Waals surface area contributed by atoms with Crippen LogP contribution in [0.1, 0.15) is 18.9 Å². The van der Waals surface area contributed by atoms with E-state index in [1.54, 1.807) is 7.11 Å². The highest BCUT2D eigenvalue weighted by Gasteiger charge is 2.22. The molecule has 0 aliphatic carbocycles. The van der Waals surface area contributed by atoms with Crippen molar-refractivity contribution in [3.8, 4) is 17.1 Å². The third-order valence-corrected chi connectivity index (χ3v) is 4.40. The highest BCUT2D eigenvalue weighted by molar-refractivity contribution is 6.07. The summed E-state index contributed by atoms with van der Waals surface area (Å²) in [7, 11) is 3.65. The van der Waals surface area contributed by atoms with Crippen LogP contribution in [0, 0.1) is 5.92 Å². The zero-order valence-electron chi connectivity index (χ0n) is 16.9. The van der Waals surface area contributed by atoms with E-state index in [2.05, 4.69) is 20.5 Å². The summed E-state index contributed by atoms with van der Waals surface area (Å²) in [6, 6.07) is 13.8. The summed E-state index contributed by atoms with van der Waals surface area (Å²) in [5, 5.41) is 18.2. The molecule has 0 radical (unpaired) electrons. The summed E-state index contributed by atoms with van der Waals surface area (Å²) in [6.45, 7) is 2.01. The van der Waals surface area contributed by atoms with Gasteiger partial charge >= 0.3 is 0 Å². The van der Waals surface area contributed by atoms with Gasteiger partial charge in [0.25, 0.3) is 0 Å². The molecule has 8 heteroatoms. The maximum atomic E-state index is 11.4. The fraction of sp³-hybridized carbons (Fsp3) is 0.286. The standard InChI is InChI=1S/C19H18N4O2.2CH4O/c1-11-9-17(24)22-23-18(11)13-5-8-15-16(10-13)21-19(20-15)12-3-6-14(25-2)7-4-12;2*1-2/h3-8,10-11H,9H2,1-2H3,(H,20,21)(H,22,24);2*2H,1H3. The molecule has 29 heavy (non-hydrogen) atoms. The van der Waals surface area contributed by atoms with Crippen molar-refractivity contribution in [3.05, 3.63) is 48.0 Å². The molecule has 2 heterocycles. The van der Waals surface area contributed by atoms with E-state index >= 15 is 0 Å². The van der Waals surface area contributed by atoms with Gasteiger partial charge in [-0.1, -0.05) is 13.0 Å². The maximum Gasteiger partial charge on any atom is 0.240 e. The Morgan fingerprint density at radius 3 is 2.31 bits per heavy atom. The minimum absolute atomic E-state index is 0.0411. The number of carbonyl (C=O) groups excluding carboxylic acids is 1. The van der Waals surface area contributed by atoms with Crippen LogP contribution < -0.4 is 10.2 Å². The molecule has 0 bridgehead atoms. The van der Waals surface area contributed by atoms with Crippen LogP contribution in [-0.2, 0) is 4.79 Å². The van der Waals surface area contributed by atoms with Crippen LogP contribution in [0.2, 0.25) is 0 Å². The van der Waals surface area contributed by atoms with Crippen LogP contribution in [0.3, 0.4) is 0 Å². The molecular weight excluding hydrogens is 372 g/mol. The van der Waals surface area contributed by atoms with Crippen LogP contribution in [0.5, 0.6) is 5.75 Å². The number of aliphatic hydroxyl groups excluding tert-OH is 2. The average molecular weight is 398 g/mol. The third kappa shape index (κ3) is 4.98. The van der Waals surface area contributed by atoms with Crippen LogP contribution in [-0.4, -0.2) is 53.1 Å². The molecule has 4 rings (SSSR count). The van der Waals surface area contributed by atoms with Gasteiger partial charge in [0.2, 0.25) is 5.91 Å². The molecule has 1 aliphatic rings. The van der Waals surface area contributed by atoms with Crippen molar-refractivity contribution in [1.29, 1.82) is 0 Å². The van der Waals surface area contributed by atoms with Crippen molar-refractivity contribution in [2.45, 2.75) is 13.3 Å². The lowest BCUT2D eigenvalue weighted by molar-refractivity contribution is -0.121. The predicted molar refractivity (Wildman–Crippen MR) is 113 cm³/mol. The van der Waals surface area contributed by atoms with Gasteiger partial charge in [0.15, 0.2) is 0 Å². The number of benzene rings is 2. The second-order valence-electron chi connectivity index (χ2n) is 6.18. The number of methoxy groups -OCH3 is 1. The van der Waals surface area contributed by atoms with E-state index in [0.29, 0.717) is 6.42 Å². The van der Waals surface area contributed by atoms with Gasteiger partial charge in [-0.25, -0.2) is 10.4 Å². The second kappa shape index (κ2) is 10.4. The molecule has 4 N–H and O–H groups in total. The molecule has 1 amide bonds. The van der Waals surface area contributed by atoms with Gasteiger partial charge < -0.3 is 19.9 Å². The molecule has 8 nitrogen and oxygen atoms in total. The summed E-state index contributed by atoms with van der Waals surface area (Å²) in [5.41, 5.74) is 7.27. The van der Waals surface area contributed by atoms with Crippen LogP contribution >= 0.6 is 0 Å². The number of carbonyl (C=O) groups is 1. The molecule has 0 saturated heterocycles. The van der Waals surface area contributed by atoms with Crippen LogP contribution in [0.15, 0.2) is 47.6 Å². The number of rotatable bonds is 3. The minimum atomic E-state index is -0.0411. The SMILES string of the molecule is CO.CO.COc1ccc(-c2nc3ccc(C4=NNC(=O)CC4C)cc3[nH]2)cc1. The van der Waals surface area contributed by atoms with E-state index in [1.807, 2.05) is 49.4 Å². The van der Waals surface area contributed by atoms with E-state index in [0.717, 1.165) is 53.7 Å². The predicted octanol–water partition coefficient (Wildman–Crippen LogP) is 2.32. The fourth-order valence-electron chi connectivity index (χ4n) is 3.06. The molecule has 1 atom stereocenters. The first-order valence-electron chi connectivity index (χ1n) is 9.04. The Morgan fingerprint density at radius 1 is 1.03 bits per heavy atom. The van der Waals surface area contributed by atoms with Gasteiger partial charge in [0.1, 0.15) is 11.6 Å². The molecule has 3 aromatic rings. The van der Waals surface area contributed by atoms with Crippen molar-refractivity contribution in [3.63, 3.8) is 0 Å². The molecule has 2 aromatic carbocycles. The first kappa shape index (κ1) is 22.1. The van der Waals surface area contributed by atoms with E-state index in [9.17, 15) is 4.79 Å². The summed E-state index contributed by atoms with van der Waals surface area (Å²) >= 11 is 0. The summed E-state index contributed by atoms with van der Waals surface area (Å²) in [6.07, 6.45) is 0.455. The van der Waals surface area contributed by atoms with Gasteiger partial charge in [-0.3, -0.25) is 4.79 Å². The molecule has 1 unspecified atom stereocenters. The molecule has 0 saturated carbocycles. The van der Waals surface area contributed by atoms with Gasteiger partial charge in [-0.05, 0) is 36.4 Å². The first-order chi connectivity index (χ1) is 14.1.